The summed E-state index contributed by atoms with van der Waals surface area (Å²) in [5.41, 5.74) is 13.3. The molecule has 0 fully saturated rings. The van der Waals surface area contributed by atoms with Crippen LogP contribution in [0.15, 0.2) is 28.8 Å². The van der Waals surface area contributed by atoms with Gasteiger partial charge in [0.15, 0.2) is 5.76 Å². The molecular weight excluding hydrogens is 190 g/mol. The third-order valence-corrected chi connectivity index (χ3v) is 2.90. The molecule has 0 bridgehead atoms. The molecule has 0 saturated heterocycles. The predicted octanol–water partition coefficient (Wildman–Crippen LogP) is 0.899. The minimum Gasteiger partial charge on any atom is -0.358 e. The quantitative estimate of drug-likeness (QED) is 0.714. The zero-order valence-electron chi connectivity index (χ0n) is 8.90. The van der Waals surface area contributed by atoms with Crippen LogP contribution in [-0.4, -0.2) is 11.2 Å². The Morgan fingerprint density at radius 1 is 1.40 bits per heavy atom. The third-order valence-electron chi connectivity index (χ3n) is 2.90. The van der Waals surface area contributed by atoms with Crippen molar-refractivity contribution in [2.45, 2.75) is 25.4 Å². The average molecular weight is 205 g/mol. The summed E-state index contributed by atoms with van der Waals surface area (Å²) in [6.07, 6.45) is 7.47. The maximum atomic E-state index is 6.24. The summed E-state index contributed by atoms with van der Waals surface area (Å²) in [5.74, 6) is 0.646. The molecule has 1 aliphatic rings. The molecule has 2 atom stereocenters. The van der Waals surface area contributed by atoms with E-state index in [2.05, 4.69) is 5.16 Å². The van der Waals surface area contributed by atoms with Gasteiger partial charge in [-0.2, -0.15) is 0 Å². The van der Waals surface area contributed by atoms with Gasteiger partial charge >= 0.3 is 0 Å². The van der Waals surface area contributed by atoms with Crippen LogP contribution in [0.25, 0.3) is 0 Å². The molecule has 0 aromatic carbocycles. The first-order valence-corrected chi connectivity index (χ1v) is 4.89. The van der Waals surface area contributed by atoms with Gasteiger partial charge in [-0.3, -0.25) is 0 Å². The Bertz CT molecular complexity index is 433. The van der Waals surface area contributed by atoms with Crippen LogP contribution in [0.5, 0.6) is 0 Å². The molecule has 1 aromatic heterocycles. The van der Waals surface area contributed by atoms with Gasteiger partial charge in [0.2, 0.25) is 0 Å². The van der Waals surface area contributed by atoms with E-state index in [4.69, 9.17) is 16.0 Å². The molecule has 15 heavy (non-hydrogen) atoms. The Hall–Kier alpha value is -1.39. The van der Waals surface area contributed by atoms with Gasteiger partial charge in [-0.25, -0.2) is 0 Å². The van der Waals surface area contributed by atoms with Crippen molar-refractivity contribution in [1.29, 1.82) is 0 Å². The molecule has 4 nitrogen and oxygen atoms in total. The largest absolute Gasteiger partial charge is 0.358 e. The van der Waals surface area contributed by atoms with Gasteiger partial charge in [0.05, 0.1) is 11.7 Å². The first-order chi connectivity index (χ1) is 7.05. The van der Waals surface area contributed by atoms with Crippen LogP contribution in [0.2, 0.25) is 0 Å². The fourth-order valence-electron chi connectivity index (χ4n) is 1.72. The number of aryl methyl sites for hydroxylation is 1. The Kier molecular flexibility index (Phi) is 2.25. The van der Waals surface area contributed by atoms with Gasteiger partial charge in [-0.1, -0.05) is 29.5 Å². The Morgan fingerprint density at radius 3 is 2.67 bits per heavy atom. The monoisotopic (exact) mass is 205 g/mol. The molecule has 0 amide bonds. The van der Waals surface area contributed by atoms with Gasteiger partial charge in [-0.05, 0) is 13.8 Å². The summed E-state index contributed by atoms with van der Waals surface area (Å²) in [5, 5.41) is 3.90. The second kappa shape index (κ2) is 3.32. The standard InChI is InChI=1S/C11H15N3O/c1-7-8(2)14-15-10(7)11(13)6-4-3-5-9(11)12/h3-6,9H,12-13H2,1-2H3. The Balaban J connectivity index is 2.50. The van der Waals surface area contributed by atoms with Crippen LogP contribution >= 0.6 is 0 Å². The molecule has 1 aliphatic carbocycles. The highest BCUT2D eigenvalue weighted by Gasteiger charge is 2.37. The summed E-state index contributed by atoms with van der Waals surface area (Å²) in [6, 6.07) is -0.284. The number of rotatable bonds is 1. The SMILES string of the molecule is Cc1noc(C2(N)C=CC=CC2N)c1C. The van der Waals surface area contributed by atoms with E-state index in [1.165, 1.54) is 0 Å². The minimum atomic E-state index is -0.778. The number of nitrogens with two attached hydrogens (primary N) is 2. The Morgan fingerprint density at radius 2 is 2.13 bits per heavy atom. The molecule has 4 heteroatoms. The smallest absolute Gasteiger partial charge is 0.165 e. The maximum absolute atomic E-state index is 6.24. The molecule has 1 heterocycles. The van der Waals surface area contributed by atoms with Gasteiger partial charge in [0.25, 0.3) is 0 Å². The first kappa shape index (κ1) is 10.1. The van der Waals surface area contributed by atoms with Crippen LogP contribution in [0.3, 0.4) is 0 Å². The molecule has 0 spiro atoms. The summed E-state index contributed by atoms with van der Waals surface area (Å²) in [7, 11) is 0. The lowest BCUT2D eigenvalue weighted by Gasteiger charge is -2.30. The highest BCUT2D eigenvalue weighted by molar-refractivity contribution is 5.37. The normalized spacial score (nSPS) is 29.7. The van der Waals surface area contributed by atoms with Crippen LogP contribution in [0, 0.1) is 13.8 Å². The number of hydrogen-bond acceptors (Lipinski definition) is 4. The second-order valence-electron chi connectivity index (χ2n) is 3.92. The number of hydrogen-bond donors (Lipinski definition) is 2. The van der Waals surface area contributed by atoms with E-state index in [1.54, 1.807) is 0 Å². The molecule has 2 unspecified atom stereocenters. The van der Waals surface area contributed by atoms with Crippen molar-refractivity contribution in [2.75, 3.05) is 0 Å². The summed E-state index contributed by atoms with van der Waals surface area (Å²) in [4.78, 5) is 0. The summed E-state index contributed by atoms with van der Waals surface area (Å²) < 4.78 is 5.27. The molecule has 0 saturated carbocycles. The molecule has 4 N–H and O–H groups in total. The van der Waals surface area contributed by atoms with E-state index in [0.29, 0.717) is 5.76 Å². The van der Waals surface area contributed by atoms with Crippen molar-refractivity contribution in [2.24, 2.45) is 11.5 Å². The summed E-state index contributed by atoms with van der Waals surface area (Å²) >= 11 is 0. The van der Waals surface area contributed by atoms with Gasteiger partial charge in [-0.15, -0.1) is 0 Å². The van der Waals surface area contributed by atoms with Crippen LogP contribution in [-0.2, 0) is 5.54 Å². The van der Waals surface area contributed by atoms with E-state index < -0.39 is 5.54 Å². The second-order valence-corrected chi connectivity index (χ2v) is 3.92. The van der Waals surface area contributed by atoms with Gasteiger partial charge in [0.1, 0.15) is 5.54 Å². The molecule has 2 rings (SSSR count). The lowest BCUT2D eigenvalue weighted by atomic mass is 9.83. The number of nitrogens with zero attached hydrogens (tertiary/aromatic N) is 1. The average Bonchev–Trinajstić information content (AvgIpc) is 2.53. The number of allylic oxidation sites excluding steroid dienone is 2. The first-order valence-electron chi connectivity index (χ1n) is 4.89. The molecule has 80 valence electrons. The highest BCUT2D eigenvalue weighted by atomic mass is 16.5. The van der Waals surface area contributed by atoms with Crippen molar-refractivity contribution >= 4 is 0 Å². The van der Waals surface area contributed by atoms with Gasteiger partial charge in [0, 0.05) is 5.56 Å². The minimum absolute atomic E-state index is 0.284. The van der Waals surface area contributed by atoms with Crippen molar-refractivity contribution in [3.05, 3.63) is 41.3 Å². The van der Waals surface area contributed by atoms with Crippen LogP contribution in [0.4, 0.5) is 0 Å². The van der Waals surface area contributed by atoms with E-state index in [-0.39, 0.29) is 6.04 Å². The molecule has 1 aromatic rings. The van der Waals surface area contributed by atoms with E-state index >= 15 is 0 Å². The van der Waals surface area contributed by atoms with E-state index in [9.17, 15) is 0 Å². The highest BCUT2D eigenvalue weighted by Crippen LogP contribution is 2.29. The fraction of sp³-hybridized carbons (Fsp3) is 0.364. The lowest BCUT2D eigenvalue weighted by Crippen LogP contribution is -2.51. The molecule has 0 aliphatic heterocycles. The third kappa shape index (κ3) is 1.42. The van der Waals surface area contributed by atoms with Crippen molar-refractivity contribution in [3.8, 4) is 0 Å². The van der Waals surface area contributed by atoms with E-state index in [0.717, 1.165) is 11.3 Å². The predicted molar refractivity (Wildman–Crippen MR) is 58.1 cm³/mol. The van der Waals surface area contributed by atoms with Crippen molar-refractivity contribution in [3.63, 3.8) is 0 Å². The number of aromatic nitrogens is 1. The van der Waals surface area contributed by atoms with E-state index in [1.807, 2.05) is 38.2 Å². The Labute approximate surface area is 88.6 Å². The fourth-order valence-corrected chi connectivity index (χ4v) is 1.72. The molecular formula is C11H15N3O. The maximum Gasteiger partial charge on any atom is 0.165 e. The van der Waals surface area contributed by atoms with Crippen molar-refractivity contribution < 1.29 is 4.52 Å². The van der Waals surface area contributed by atoms with Crippen LogP contribution in [0.1, 0.15) is 17.0 Å². The summed E-state index contributed by atoms with van der Waals surface area (Å²) in [6.45, 7) is 3.83. The molecule has 0 radical (unpaired) electrons. The van der Waals surface area contributed by atoms with Gasteiger partial charge < -0.3 is 16.0 Å². The lowest BCUT2D eigenvalue weighted by molar-refractivity contribution is 0.308. The topological polar surface area (TPSA) is 78.1 Å². The zero-order chi connectivity index (χ0) is 11.1. The van der Waals surface area contributed by atoms with Crippen molar-refractivity contribution in [1.82, 2.24) is 5.16 Å². The zero-order valence-corrected chi connectivity index (χ0v) is 8.90. The van der Waals surface area contributed by atoms with Crippen LogP contribution < -0.4 is 11.5 Å².